The number of rotatable bonds is 2. The average Bonchev–Trinajstić information content (AvgIpc) is 2.24. The van der Waals surface area contributed by atoms with Gasteiger partial charge >= 0.3 is 0 Å². The highest BCUT2D eigenvalue weighted by atomic mass is 127. The summed E-state index contributed by atoms with van der Waals surface area (Å²) in [4.78, 5) is 10.5. The molecule has 0 aliphatic heterocycles. The van der Waals surface area contributed by atoms with Crippen molar-refractivity contribution in [2.75, 3.05) is 0 Å². The molecule has 88 valence electrons. The monoisotopic (exact) mass is 323 g/mol. The number of alkyl halides is 1. The lowest BCUT2D eigenvalue weighted by atomic mass is 9.89. The summed E-state index contributed by atoms with van der Waals surface area (Å²) in [6.45, 7) is 2.33. The molecule has 0 radical (unpaired) electrons. The second kappa shape index (κ2) is 7.58. The lowest BCUT2D eigenvalue weighted by Crippen LogP contribution is -2.13. The van der Waals surface area contributed by atoms with Gasteiger partial charge in [0.2, 0.25) is 0 Å². The summed E-state index contributed by atoms with van der Waals surface area (Å²) in [5.41, 5.74) is 0. The number of halogens is 1. The fourth-order valence-electron chi connectivity index (χ4n) is 2.43. The van der Waals surface area contributed by atoms with E-state index in [0.29, 0.717) is 0 Å². The van der Waals surface area contributed by atoms with E-state index in [0.717, 1.165) is 22.7 Å². The molecule has 1 unspecified atom stereocenters. The Hall–Kier alpha value is 0.330. The predicted octanol–water partition coefficient (Wildman–Crippen LogP) is 4.70. The Morgan fingerprint density at radius 1 is 1.07 bits per heavy atom. The van der Waals surface area contributed by atoms with Crippen molar-refractivity contribution >= 4 is 22.6 Å². The molecule has 15 heavy (non-hydrogen) atoms. The van der Waals surface area contributed by atoms with Crippen LogP contribution in [0.2, 0.25) is 0 Å². The van der Waals surface area contributed by atoms with Crippen LogP contribution in [0.5, 0.6) is 0 Å². The first-order chi connectivity index (χ1) is 7.24. The number of hydrogen-bond donors (Lipinski definition) is 0. The van der Waals surface area contributed by atoms with Crippen molar-refractivity contribution in [1.82, 2.24) is 0 Å². The standard InChI is InChI=1S/C12H22INO/c1-10(13)11-6-2-4-8-12(14-15)9-5-3-7-11/h10-12H,2-9H2,1H3. The van der Waals surface area contributed by atoms with Gasteiger partial charge in [-0.1, -0.05) is 60.4 Å². The first-order valence-corrected chi connectivity index (χ1v) is 7.45. The molecule has 1 aliphatic rings. The van der Waals surface area contributed by atoms with Gasteiger partial charge < -0.3 is 0 Å². The van der Waals surface area contributed by atoms with Crippen molar-refractivity contribution in [2.45, 2.75) is 68.3 Å². The molecule has 1 aliphatic carbocycles. The van der Waals surface area contributed by atoms with E-state index >= 15 is 0 Å². The summed E-state index contributed by atoms with van der Waals surface area (Å²) in [5.74, 6) is 0.895. The molecule has 1 atom stereocenters. The molecule has 0 aromatic rings. The van der Waals surface area contributed by atoms with Crippen molar-refractivity contribution in [1.29, 1.82) is 0 Å². The van der Waals surface area contributed by atoms with Crippen molar-refractivity contribution < 1.29 is 0 Å². The normalized spacial score (nSPS) is 31.9. The van der Waals surface area contributed by atoms with Gasteiger partial charge in [-0.15, -0.1) is 0 Å². The van der Waals surface area contributed by atoms with Crippen LogP contribution in [0.4, 0.5) is 0 Å². The Morgan fingerprint density at radius 3 is 1.93 bits per heavy atom. The zero-order valence-electron chi connectivity index (χ0n) is 9.62. The largest absolute Gasteiger partial charge is 0.151 e. The fraction of sp³-hybridized carbons (Fsp3) is 1.00. The molecule has 0 heterocycles. The second-order valence-electron chi connectivity index (χ2n) is 4.77. The van der Waals surface area contributed by atoms with Gasteiger partial charge in [0.05, 0.1) is 6.04 Å². The quantitative estimate of drug-likeness (QED) is 0.412. The van der Waals surface area contributed by atoms with Crippen LogP contribution in [-0.2, 0) is 0 Å². The molecule has 1 saturated carbocycles. The third-order valence-electron chi connectivity index (χ3n) is 3.52. The van der Waals surface area contributed by atoms with E-state index in [1.54, 1.807) is 0 Å². The van der Waals surface area contributed by atoms with E-state index in [2.05, 4.69) is 34.7 Å². The van der Waals surface area contributed by atoms with Crippen molar-refractivity contribution in [3.8, 4) is 0 Å². The minimum absolute atomic E-state index is 0.110. The van der Waals surface area contributed by atoms with Crippen LogP contribution in [0.3, 0.4) is 0 Å². The topological polar surface area (TPSA) is 29.4 Å². The summed E-state index contributed by atoms with van der Waals surface area (Å²) < 4.78 is 0.794. The summed E-state index contributed by atoms with van der Waals surface area (Å²) in [6.07, 6.45) is 9.67. The van der Waals surface area contributed by atoms with Crippen LogP contribution in [0.15, 0.2) is 5.18 Å². The lowest BCUT2D eigenvalue weighted by molar-refractivity contribution is 0.379. The molecule has 0 saturated heterocycles. The second-order valence-corrected chi connectivity index (χ2v) is 6.73. The van der Waals surface area contributed by atoms with E-state index in [9.17, 15) is 4.91 Å². The van der Waals surface area contributed by atoms with Crippen LogP contribution in [0.1, 0.15) is 58.3 Å². The van der Waals surface area contributed by atoms with Gasteiger partial charge in [0.25, 0.3) is 0 Å². The molecule has 0 aromatic heterocycles. The Kier molecular flexibility index (Phi) is 6.77. The molecule has 3 heteroatoms. The number of nitrogens with zero attached hydrogens (tertiary/aromatic N) is 1. The molecule has 0 spiro atoms. The minimum Gasteiger partial charge on any atom is -0.151 e. The summed E-state index contributed by atoms with van der Waals surface area (Å²) in [7, 11) is 0. The maximum atomic E-state index is 10.5. The maximum absolute atomic E-state index is 10.5. The van der Waals surface area contributed by atoms with Gasteiger partial charge in [-0.25, -0.2) is 0 Å². The van der Waals surface area contributed by atoms with Crippen LogP contribution in [0, 0.1) is 10.8 Å². The maximum Gasteiger partial charge on any atom is 0.0919 e. The Morgan fingerprint density at radius 2 is 1.53 bits per heavy atom. The van der Waals surface area contributed by atoms with Crippen LogP contribution < -0.4 is 0 Å². The first-order valence-electron chi connectivity index (χ1n) is 6.20. The van der Waals surface area contributed by atoms with Gasteiger partial charge in [0.15, 0.2) is 0 Å². The van der Waals surface area contributed by atoms with Crippen LogP contribution in [0.25, 0.3) is 0 Å². The molecule has 0 aromatic carbocycles. The molecule has 0 amide bonds. The van der Waals surface area contributed by atoms with Crippen LogP contribution in [-0.4, -0.2) is 9.97 Å². The lowest BCUT2D eigenvalue weighted by Gasteiger charge is -2.21. The van der Waals surface area contributed by atoms with E-state index in [-0.39, 0.29) is 6.04 Å². The van der Waals surface area contributed by atoms with Gasteiger partial charge in [-0.05, 0) is 31.6 Å². The average molecular weight is 323 g/mol. The summed E-state index contributed by atoms with van der Waals surface area (Å²) in [6, 6.07) is 0.110. The summed E-state index contributed by atoms with van der Waals surface area (Å²) in [5, 5.41) is 3.22. The van der Waals surface area contributed by atoms with Crippen LogP contribution >= 0.6 is 22.6 Å². The smallest absolute Gasteiger partial charge is 0.0919 e. The van der Waals surface area contributed by atoms with Crippen molar-refractivity contribution in [3.05, 3.63) is 4.91 Å². The van der Waals surface area contributed by atoms with E-state index < -0.39 is 0 Å². The Bertz CT molecular complexity index is 172. The predicted molar refractivity (Wildman–Crippen MR) is 73.5 cm³/mol. The molecular weight excluding hydrogens is 301 g/mol. The van der Waals surface area contributed by atoms with E-state index in [1.165, 1.54) is 38.5 Å². The van der Waals surface area contributed by atoms with Gasteiger partial charge in [0.1, 0.15) is 0 Å². The summed E-state index contributed by atoms with van der Waals surface area (Å²) >= 11 is 2.56. The van der Waals surface area contributed by atoms with E-state index in [4.69, 9.17) is 0 Å². The zero-order valence-corrected chi connectivity index (χ0v) is 11.8. The molecule has 2 nitrogen and oxygen atoms in total. The third kappa shape index (κ3) is 5.27. The highest BCUT2D eigenvalue weighted by molar-refractivity contribution is 14.1. The highest BCUT2D eigenvalue weighted by Crippen LogP contribution is 2.28. The minimum atomic E-state index is 0.110. The van der Waals surface area contributed by atoms with Gasteiger partial charge in [-0.3, -0.25) is 0 Å². The zero-order chi connectivity index (χ0) is 11.1. The molecule has 1 fully saturated rings. The number of hydrogen-bond acceptors (Lipinski definition) is 2. The van der Waals surface area contributed by atoms with Gasteiger partial charge in [0, 0.05) is 3.92 Å². The fourth-order valence-corrected chi connectivity index (χ4v) is 3.15. The molecule has 1 rings (SSSR count). The SMILES string of the molecule is CC(I)C1CCCCC(N=O)CCCC1. The molecule has 0 bridgehead atoms. The molecule has 0 N–H and O–H groups in total. The first kappa shape index (κ1) is 13.4. The van der Waals surface area contributed by atoms with Gasteiger partial charge in [-0.2, -0.15) is 4.91 Å². The molecular formula is C12H22INO. The van der Waals surface area contributed by atoms with Crippen molar-refractivity contribution in [2.24, 2.45) is 11.1 Å². The Labute approximate surface area is 107 Å². The number of nitroso groups, excluding NO2 is 1. The van der Waals surface area contributed by atoms with E-state index in [1.807, 2.05) is 0 Å². The highest BCUT2D eigenvalue weighted by Gasteiger charge is 2.17. The Balaban J connectivity index is 2.35. The third-order valence-corrected chi connectivity index (χ3v) is 4.54. The van der Waals surface area contributed by atoms with Crippen molar-refractivity contribution in [3.63, 3.8) is 0 Å².